The van der Waals surface area contributed by atoms with Crippen molar-refractivity contribution in [3.05, 3.63) is 23.8 Å². The normalized spacial score (nSPS) is 20.7. The van der Waals surface area contributed by atoms with E-state index in [0.717, 1.165) is 43.0 Å². The summed E-state index contributed by atoms with van der Waals surface area (Å²) < 4.78 is 11.4. The van der Waals surface area contributed by atoms with Crippen LogP contribution in [0.25, 0.3) is 0 Å². The van der Waals surface area contributed by atoms with Gasteiger partial charge in [0.15, 0.2) is 11.5 Å². The van der Waals surface area contributed by atoms with Crippen LogP contribution in [0.5, 0.6) is 11.5 Å². The molecule has 0 aromatic heterocycles. The zero-order valence-electron chi connectivity index (χ0n) is 17.1. The van der Waals surface area contributed by atoms with Gasteiger partial charge in [-0.15, -0.1) is 0 Å². The van der Waals surface area contributed by atoms with Crippen molar-refractivity contribution in [2.24, 2.45) is 5.92 Å². The van der Waals surface area contributed by atoms with Crippen molar-refractivity contribution < 1.29 is 19.2 Å². The van der Waals surface area contributed by atoms with Crippen LogP contribution >= 0.6 is 0 Å². The van der Waals surface area contributed by atoms with Gasteiger partial charge in [-0.1, -0.05) is 31.7 Å². The first-order chi connectivity index (χ1) is 13.8. The number of nitrogens with one attached hydrogen (secondary N) is 1. The maximum Gasteiger partial charge on any atom is 0.226 e. The maximum atomic E-state index is 13.4. The van der Waals surface area contributed by atoms with Crippen molar-refractivity contribution in [3.63, 3.8) is 0 Å². The number of carbonyl (C=O) groups excluding carboxylic acids is 1. The number of nitrogens with zero attached hydrogens (tertiary/aromatic N) is 1. The van der Waals surface area contributed by atoms with Crippen LogP contribution in [0.4, 0.5) is 0 Å². The number of hydrogen-bond donors (Lipinski definition) is 1. The molecule has 0 atom stereocenters. The molecule has 0 radical (unpaired) electrons. The van der Waals surface area contributed by atoms with Crippen molar-refractivity contribution in [1.82, 2.24) is 4.90 Å². The Labute approximate surface area is 169 Å². The number of ether oxygens (including phenoxy) is 2. The largest absolute Gasteiger partial charge is 0.486 e. The van der Waals surface area contributed by atoms with E-state index in [9.17, 15) is 4.79 Å². The fraction of sp³-hybridized carbons (Fsp3) is 0.696. The number of benzene rings is 1. The molecule has 1 N–H and O–H groups in total. The fourth-order valence-electron chi connectivity index (χ4n) is 4.88. The molecule has 2 heterocycles. The van der Waals surface area contributed by atoms with Crippen molar-refractivity contribution in [3.8, 4) is 11.5 Å². The first kappa shape index (κ1) is 19.6. The van der Waals surface area contributed by atoms with Crippen LogP contribution in [0.15, 0.2) is 18.2 Å². The van der Waals surface area contributed by atoms with Crippen molar-refractivity contribution >= 4 is 5.91 Å². The highest BCUT2D eigenvalue weighted by Crippen LogP contribution is 2.31. The first-order valence-corrected chi connectivity index (χ1v) is 11.3. The summed E-state index contributed by atoms with van der Waals surface area (Å²) in [6.45, 7) is 6.34. The molecule has 2 aliphatic heterocycles. The van der Waals surface area contributed by atoms with Crippen LogP contribution in [-0.4, -0.2) is 50.2 Å². The van der Waals surface area contributed by atoms with E-state index < -0.39 is 0 Å². The van der Waals surface area contributed by atoms with Crippen LogP contribution in [0.1, 0.15) is 56.9 Å². The fourth-order valence-corrected chi connectivity index (χ4v) is 4.88. The molecule has 0 spiro atoms. The lowest BCUT2D eigenvalue weighted by molar-refractivity contribution is -0.886. The standard InChI is InChI=1S/C23H34N2O3/c26-23(20-7-3-1-2-4-8-20)25(14-13-24-11-5-6-12-24)18-19-9-10-21-22(17-19)28-16-15-27-21/h9-10,17,20H,1-8,11-16,18H2/p+1. The smallest absolute Gasteiger partial charge is 0.226 e. The minimum Gasteiger partial charge on any atom is -0.486 e. The molecule has 1 aromatic carbocycles. The molecule has 154 valence electrons. The average molecular weight is 388 g/mol. The molecule has 2 fully saturated rings. The minimum absolute atomic E-state index is 0.216. The average Bonchev–Trinajstić information content (AvgIpc) is 3.10. The zero-order valence-corrected chi connectivity index (χ0v) is 17.1. The number of fused-ring (bicyclic) bond motifs is 1. The Bertz CT molecular complexity index is 649. The van der Waals surface area contributed by atoms with Gasteiger partial charge in [0, 0.05) is 25.3 Å². The molecule has 1 aromatic rings. The quantitative estimate of drug-likeness (QED) is 0.763. The van der Waals surface area contributed by atoms with Crippen LogP contribution in [0, 0.1) is 5.92 Å². The van der Waals surface area contributed by atoms with E-state index in [4.69, 9.17) is 9.47 Å². The number of hydrogen-bond acceptors (Lipinski definition) is 3. The predicted octanol–water partition coefficient (Wildman–Crippen LogP) is 2.44. The SMILES string of the molecule is O=C(C1CCCCCC1)N(CC[NH+]1CCCC1)Cc1ccc2c(c1)OCCO2. The van der Waals surface area contributed by atoms with E-state index in [1.165, 1.54) is 51.6 Å². The number of carbonyl (C=O) groups is 1. The monoisotopic (exact) mass is 387 g/mol. The first-order valence-electron chi connectivity index (χ1n) is 11.3. The summed E-state index contributed by atoms with van der Waals surface area (Å²) in [7, 11) is 0. The van der Waals surface area contributed by atoms with Crippen LogP contribution in [0.3, 0.4) is 0 Å². The van der Waals surface area contributed by atoms with Gasteiger partial charge in [0.25, 0.3) is 0 Å². The Balaban J connectivity index is 1.45. The Morgan fingerprint density at radius 1 is 0.964 bits per heavy atom. The third kappa shape index (κ3) is 4.99. The third-order valence-electron chi connectivity index (χ3n) is 6.54. The molecule has 1 amide bonds. The minimum atomic E-state index is 0.216. The summed E-state index contributed by atoms with van der Waals surface area (Å²) in [6.07, 6.45) is 9.74. The summed E-state index contributed by atoms with van der Waals surface area (Å²) in [4.78, 5) is 17.2. The van der Waals surface area contributed by atoms with E-state index in [0.29, 0.717) is 25.7 Å². The molecule has 1 aliphatic carbocycles. The second-order valence-electron chi connectivity index (χ2n) is 8.63. The summed E-state index contributed by atoms with van der Waals surface area (Å²) >= 11 is 0. The number of quaternary nitrogens is 1. The van der Waals surface area contributed by atoms with Crippen molar-refractivity contribution in [2.45, 2.75) is 57.9 Å². The van der Waals surface area contributed by atoms with E-state index in [2.05, 4.69) is 17.0 Å². The molecule has 5 nitrogen and oxygen atoms in total. The number of likely N-dealkylation sites (tertiary alicyclic amines) is 1. The number of rotatable bonds is 6. The second kappa shape index (κ2) is 9.64. The van der Waals surface area contributed by atoms with Gasteiger partial charge in [-0.25, -0.2) is 0 Å². The van der Waals surface area contributed by atoms with Gasteiger partial charge in [-0.05, 0) is 30.5 Å². The molecule has 3 aliphatic rings. The molecule has 5 heteroatoms. The molecular weight excluding hydrogens is 352 g/mol. The van der Waals surface area contributed by atoms with E-state index >= 15 is 0 Å². The van der Waals surface area contributed by atoms with Crippen LogP contribution < -0.4 is 14.4 Å². The van der Waals surface area contributed by atoms with Gasteiger partial charge in [-0.2, -0.15) is 0 Å². The number of amides is 1. The Hall–Kier alpha value is -1.75. The van der Waals surface area contributed by atoms with E-state index in [1.54, 1.807) is 4.90 Å². The highest BCUT2D eigenvalue weighted by atomic mass is 16.6. The van der Waals surface area contributed by atoms with Crippen molar-refractivity contribution in [1.29, 1.82) is 0 Å². The molecule has 0 unspecified atom stereocenters. The molecule has 0 bridgehead atoms. The lowest BCUT2D eigenvalue weighted by Crippen LogP contribution is -3.10. The Morgan fingerprint density at radius 3 is 2.43 bits per heavy atom. The van der Waals surface area contributed by atoms with Crippen LogP contribution in [-0.2, 0) is 11.3 Å². The summed E-state index contributed by atoms with van der Waals surface area (Å²) in [5.41, 5.74) is 1.14. The van der Waals surface area contributed by atoms with Crippen LogP contribution in [0.2, 0.25) is 0 Å². The van der Waals surface area contributed by atoms with E-state index in [-0.39, 0.29) is 5.92 Å². The Morgan fingerprint density at radius 2 is 1.68 bits per heavy atom. The summed E-state index contributed by atoms with van der Waals surface area (Å²) in [5.74, 6) is 2.22. The lowest BCUT2D eigenvalue weighted by atomic mass is 9.98. The topological polar surface area (TPSA) is 43.2 Å². The van der Waals surface area contributed by atoms with Gasteiger partial charge in [-0.3, -0.25) is 4.79 Å². The maximum absolute atomic E-state index is 13.4. The van der Waals surface area contributed by atoms with Gasteiger partial charge in [0.1, 0.15) is 13.2 Å². The summed E-state index contributed by atoms with van der Waals surface area (Å²) in [6, 6.07) is 6.14. The lowest BCUT2D eigenvalue weighted by Gasteiger charge is -2.28. The van der Waals surface area contributed by atoms with Gasteiger partial charge in [0.05, 0.1) is 26.2 Å². The Kier molecular flexibility index (Phi) is 6.73. The van der Waals surface area contributed by atoms with E-state index in [1.807, 2.05) is 6.07 Å². The molecule has 1 saturated carbocycles. The van der Waals surface area contributed by atoms with Gasteiger partial charge in [0.2, 0.25) is 5.91 Å². The zero-order chi connectivity index (χ0) is 19.2. The summed E-state index contributed by atoms with van der Waals surface area (Å²) in [5, 5.41) is 0. The highest BCUT2D eigenvalue weighted by molar-refractivity contribution is 5.79. The molecule has 28 heavy (non-hydrogen) atoms. The third-order valence-corrected chi connectivity index (χ3v) is 6.54. The second-order valence-corrected chi connectivity index (χ2v) is 8.63. The van der Waals surface area contributed by atoms with Crippen molar-refractivity contribution in [2.75, 3.05) is 39.4 Å². The molecular formula is C23H35N2O3+. The highest BCUT2D eigenvalue weighted by Gasteiger charge is 2.27. The predicted molar refractivity (Wildman–Crippen MR) is 109 cm³/mol. The van der Waals surface area contributed by atoms with Gasteiger partial charge >= 0.3 is 0 Å². The van der Waals surface area contributed by atoms with Gasteiger partial charge < -0.3 is 19.3 Å². The molecule has 1 saturated heterocycles. The molecule has 4 rings (SSSR count).